The van der Waals surface area contributed by atoms with Gasteiger partial charge in [0.2, 0.25) is 0 Å². The minimum Gasteiger partial charge on any atom is -0.379 e. The molecule has 1 aromatic carbocycles. The van der Waals surface area contributed by atoms with Gasteiger partial charge in [0.15, 0.2) is 0 Å². The SMILES string of the molecule is NCCCc1cc2cc[nH]c(=O)c2c(Nc2ccc(CCN3CCOCC3)cc2)n1. The van der Waals surface area contributed by atoms with E-state index in [1.807, 2.05) is 24.3 Å². The number of hydrogen-bond acceptors (Lipinski definition) is 6. The second-order valence-electron chi connectivity index (χ2n) is 7.65. The van der Waals surface area contributed by atoms with Gasteiger partial charge in [0.05, 0.1) is 18.6 Å². The summed E-state index contributed by atoms with van der Waals surface area (Å²) in [6.45, 7) is 5.33. The Bertz CT molecular complexity index is 1030. The second-order valence-corrected chi connectivity index (χ2v) is 7.65. The van der Waals surface area contributed by atoms with Crippen molar-refractivity contribution < 1.29 is 4.74 Å². The number of pyridine rings is 2. The molecule has 0 aliphatic carbocycles. The summed E-state index contributed by atoms with van der Waals surface area (Å²) < 4.78 is 5.41. The zero-order chi connectivity index (χ0) is 20.8. The third kappa shape index (κ3) is 5.05. The predicted molar refractivity (Wildman–Crippen MR) is 120 cm³/mol. The zero-order valence-corrected chi connectivity index (χ0v) is 17.2. The summed E-state index contributed by atoms with van der Waals surface area (Å²) in [7, 11) is 0. The lowest BCUT2D eigenvalue weighted by molar-refractivity contribution is 0.0384. The molecule has 7 nitrogen and oxygen atoms in total. The van der Waals surface area contributed by atoms with Crippen LogP contribution in [-0.4, -0.2) is 54.3 Å². The molecular weight excluding hydrogens is 378 g/mol. The first kappa shape index (κ1) is 20.5. The van der Waals surface area contributed by atoms with Gasteiger partial charge in [-0.05, 0) is 61.0 Å². The van der Waals surface area contributed by atoms with Crippen LogP contribution >= 0.6 is 0 Å². The van der Waals surface area contributed by atoms with Crippen molar-refractivity contribution in [3.8, 4) is 0 Å². The van der Waals surface area contributed by atoms with Crippen LogP contribution in [0.4, 0.5) is 11.5 Å². The molecule has 4 rings (SSSR count). The van der Waals surface area contributed by atoms with E-state index in [1.165, 1.54) is 5.56 Å². The number of H-pyrrole nitrogens is 1. The second kappa shape index (κ2) is 9.84. The molecule has 0 unspecified atom stereocenters. The number of hydrogen-bond donors (Lipinski definition) is 3. The van der Waals surface area contributed by atoms with E-state index in [2.05, 4.69) is 27.3 Å². The molecule has 1 saturated heterocycles. The largest absolute Gasteiger partial charge is 0.379 e. The Kier molecular flexibility index (Phi) is 6.74. The maximum Gasteiger partial charge on any atom is 0.259 e. The number of aromatic amines is 1. The summed E-state index contributed by atoms with van der Waals surface area (Å²) in [5, 5.41) is 4.80. The molecule has 0 radical (unpaired) electrons. The minimum atomic E-state index is -0.144. The van der Waals surface area contributed by atoms with Gasteiger partial charge >= 0.3 is 0 Å². The first-order chi connectivity index (χ1) is 14.7. The lowest BCUT2D eigenvalue weighted by Gasteiger charge is -2.26. The third-order valence-corrected chi connectivity index (χ3v) is 5.48. The summed E-state index contributed by atoms with van der Waals surface area (Å²) in [6.07, 6.45) is 4.33. The fourth-order valence-corrected chi connectivity index (χ4v) is 3.77. The minimum absolute atomic E-state index is 0.144. The molecule has 7 heteroatoms. The molecule has 30 heavy (non-hydrogen) atoms. The van der Waals surface area contributed by atoms with Gasteiger partial charge in [-0.2, -0.15) is 0 Å². The average molecular weight is 408 g/mol. The highest BCUT2D eigenvalue weighted by Crippen LogP contribution is 2.24. The van der Waals surface area contributed by atoms with Gasteiger partial charge in [0.1, 0.15) is 5.82 Å². The van der Waals surface area contributed by atoms with Crippen LogP contribution in [0.5, 0.6) is 0 Å². The van der Waals surface area contributed by atoms with E-state index in [9.17, 15) is 4.79 Å². The molecule has 0 atom stereocenters. The van der Waals surface area contributed by atoms with Crippen molar-refractivity contribution in [2.75, 3.05) is 44.7 Å². The molecule has 3 aromatic rings. The highest BCUT2D eigenvalue weighted by atomic mass is 16.5. The van der Waals surface area contributed by atoms with Gasteiger partial charge in [-0.15, -0.1) is 0 Å². The lowest BCUT2D eigenvalue weighted by Crippen LogP contribution is -2.37. The summed E-state index contributed by atoms with van der Waals surface area (Å²) in [5.41, 5.74) is 8.65. The number of fused-ring (bicyclic) bond motifs is 1. The number of nitrogens with zero attached hydrogens (tertiary/aromatic N) is 2. The van der Waals surface area contributed by atoms with Crippen molar-refractivity contribution in [3.05, 3.63) is 64.2 Å². The Morgan fingerprint density at radius 1 is 1.13 bits per heavy atom. The number of morpholine rings is 1. The Morgan fingerprint density at radius 2 is 1.93 bits per heavy atom. The molecule has 0 amide bonds. The van der Waals surface area contributed by atoms with Gasteiger partial charge in [0.25, 0.3) is 5.56 Å². The molecule has 1 aliphatic rings. The van der Waals surface area contributed by atoms with Crippen LogP contribution in [0.2, 0.25) is 0 Å². The van der Waals surface area contributed by atoms with Crippen LogP contribution < -0.4 is 16.6 Å². The lowest BCUT2D eigenvalue weighted by atomic mass is 10.1. The molecule has 0 spiro atoms. The molecule has 3 heterocycles. The number of nitrogens with two attached hydrogens (primary N) is 1. The summed E-state index contributed by atoms with van der Waals surface area (Å²) >= 11 is 0. The molecule has 158 valence electrons. The summed E-state index contributed by atoms with van der Waals surface area (Å²) in [4.78, 5) is 22.3. The van der Waals surface area contributed by atoms with Crippen molar-refractivity contribution in [3.63, 3.8) is 0 Å². The molecule has 1 fully saturated rings. The fourth-order valence-electron chi connectivity index (χ4n) is 3.77. The van der Waals surface area contributed by atoms with Crippen LogP contribution in [0, 0.1) is 0 Å². The van der Waals surface area contributed by atoms with Gasteiger partial charge in [-0.3, -0.25) is 9.69 Å². The van der Waals surface area contributed by atoms with E-state index >= 15 is 0 Å². The molecule has 1 aliphatic heterocycles. The Balaban J connectivity index is 1.50. The molecular formula is C23H29N5O2. The van der Waals surface area contributed by atoms with Crippen LogP contribution in [-0.2, 0) is 17.6 Å². The Hall–Kier alpha value is -2.74. The number of rotatable bonds is 8. The van der Waals surface area contributed by atoms with Crippen LogP contribution in [0.15, 0.2) is 47.4 Å². The van der Waals surface area contributed by atoms with Crippen molar-refractivity contribution in [2.24, 2.45) is 5.73 Å². The summed E-state index contributed by atoms with van der Waals surface area (Å²) in [6, 6.07) is 12.2. The van der Waals surface area contributed by atoms with E-state index < -0.39 is 0 Å². The highest BCUT2D eigenvalue weighted by Gasteiger charge is 2.11. The maximum absolute atomic E-state index is 12.4. The highest BCUT2D eigenvalue weighted by molar-refractivity contribution is 5.92. The molecule has 0 saturated carbocycles. The van der Waals surface area contributed by atoms with E-state index in [-0.39, 0.29) is 5.56 Å². The monoisotopic (exact) mass is 407 g/mol. The van der Waals surface area contributed by atoms with E-state index in [0.717, 1.165) is 68.9 Å². The zero-order valence-electron chi connectivity index (χ0n) is 17.2. The molecule has 0 bridgehead atoms. The average Bonchev–Trinajstić information content (AvgIpc) is 2.78. The fraction of sp³-hybridized carbons (Fsp3) is 0.391. The normalized spacial score (nSPS) is 14.8. The topological polar surface area (TPSA) is 96.3 Å². The van der Waals surface area contributed by atoms with Crippen LogP contribution in [0.3, 0.4) is 0 Å². The molecule has 2 aromatic heterocycles. The van der Waals surface area contributed by atoms with Gasteiger partial charge in [-0.1, -0.05) is 12.1 Å². The Labute approximate surface area is 176 Å². The van der Waals surface area contributed by atoms with Gasteiger partial charge in [-0.25, -0.2) is 4.98 Å². The van der Waals surface area contributed by atoms with Crippen molar-refractivity contribution in [1.82, 2.24) is 14.9 Å². The number of anilines is 2. The van der Waals surface area contributed by atoms with E-state index in [4.69, 9.17) is 15.5 Å². The first-order valence-corrected chi connectivity index (χ1v) is 10.6. The third-order valence-electron chi connectivity index (χ3n) is 5.48. The number of nitrogens with one attached hydrogen (secondary N) is 2. The van der Waals surface area contributed by atoms with Gasteiger partial charge < -0.3 is 20.8 Å². The van der Waals surface area contributed by atoms with Gasteiger partial charge in [0, 0.05) is 37.2 Å². The van der Waals surface area contributed by atoms with E-state index in [1.54, 1.807) is 6.20 Å². The smallest absolute Gasteiger partial charge is 0.259 e. The first-order valence-electron chi connectivity index (χ1n) is 10.6. The number of ether oxygens (including phenoxy) is 1. The van der Waals surface area contributed by atoms with E-state index in [0.29, 0.717) is 17.7 Å². The maximum atomic E-state index is 12.4. The Morgan fingerprint density at radius 3 is 2.70 bits per heavy atom. The molecule has 4 N–H and O–H groups in total. The van der Waals surface area contributed by atoms with Crippen molar-refractivity contribution >= 4 is 22.3 Å². The number of benzene rings is 1. The standard InChI is InChI=1S/C23H29N5O2/c24-9-1-2-20-16-18-7-10-25-23(29)21(18)22(27-20)26-19-5-3-17(4-6-19)8-11-28-12-14-30-15-13-28/h3-7,10,16H,1-2,8-9,11-15,24H2,(H,25,29)(H,26,27). The number of aromatic nitrogens is 2. The number of aryl methyl sites for hydroxylation is 1. The van der Waals surface area contributed by atoms with Crippen molar-refractivity contribution in [2.45, 2.75) is 19.3 Å². The quantitative estimate of drug-likeness (QED) is 0.531. The predicted octanol–water partition coefficient (Wildman–Crippen LogP) is 2.43. The summed E-state index contributed by atoms with van der Waals surface area (Å²) in [5.74, 6) is 0.586. The van der Waals surface area contributed by atoms with Crippen LogP contribution in [0.25, 0.3) is 10.8 Å². The van der Waals surface area contributed by atoms with Crippen molar-refractivity contribution in [1.29, 1.82) is 0 Å². The van der Waals surface area contributed by atoms with Crippen LogP contribution in [0.1, 0.15) is 17.7 Å².